The van der Waals surface area contributed by atoms with Crippen molar-refractivity contribution in [1.82, 2.24) is 15.3 Å². The van der Waals surface area contributed by atoms with E-state index in [4.69, 9.17) is 9.15 Å². The van der Waals surface area contributed by atoms with Crippen LogP contribution >= 0.6 is 0 Å². The summed E-state index contributed by atoms with van der Waals surface area (Å²) in [5.41, 5.74) is 3.67. The van der Waals surface area contributed by atoms with Crippen LogP contribution in [0.15, 0.2) is 71.3 Å². The Morgan fingerprint density at radius 1 is 1.07 bits per heavy atom. The Morgan fingerprint density at radius 2 is 1.85 bits per heavy atom. The minimum atomic E-state index is -0.133. The first-order valence-electron chi connectivity index (χ1n) is 8.46. The number of hydrogen-bond donors (Lipinski definition) is 1. The number of rotatable bonds is 5. The van der Waals surface area contributed by atoms with E-state index in [2.05, 4.69) is 15.3 Å². The molecule has 0 unspecified atom stereocenters. The van der Waals surface area contributed by atoms with Crippen molar-refractivity contribution in [2.75, 3.05) is 7.11 Å². The summed E-state index contributed by atoms with van der Waals surface area (Å²) in [7, 11) is 1.59. The van der Waals surface area contributed by atoms with E-state index in [0.29, 0.717) is 29.2 Å². The van der Waals surface area contributed by atoms with E-state index < -0.39 is 0 Å². The average Bonchev–Trinajstić information content (AvgIpc) is 3.17. The summed E-state index contributed by atoms with van der Waals surface area (Å²) in [6.45, 7) is 0.431. The van der Waals surface area contributed by atoms with Gasteiger partial charge in [-0.3, -0.25) is 4.79 Å². The number of oxazole rings is 1. The van der Waals surface area contributed by atoms with Crippen molar-refractivity contribution >= 4 is 17.1 Å². The largest absolute Gasteiger partial charge is 0.497 e. The molecule has 134 valence electrons. The predicted molar refractivity (Wildman–Crippen MR) is 101 cm³/mol. The van der Waals surface area contributed by atoms with Crippen LogP contribution < -0.4 is 10.1 Å². The fourth-order valence-electron chi connectivity index (χ4n) is 2.68. The molecular formula is C21H17N3O3. The zero-order chi connectivity index (χ0) is 18.6. The standard InChI is InChI=1S/C21H17N3O3/c1-26-17-10-8-15(9-11-17)20(25)23-13-14-4-6-16(7-5-14)21-24-19-18(27-21)3-2-12-22-19/h2-12H,13H2,1H3,(H,23,25). The number of carbonyl (C=O) groups excluding carboxylic acids is 1. The quantitative estimate of drug-likeness (QED) is 0.586. The van der Waals surface area contributed by atoms with E-state index in [1.54, 1.807) is 37.6 Å². The molecule has 0 aliphatic carbocycles. The molecule has 2 heterocycles. The molecule has 0 saturated carbocycles. The van der Waals surface area contributed by atoms with E-state index in [1.165, 1.54) is 0 Å². The van der Waals surface area contributed by atoms with Gasteiger partial charge in [-0.1, -0.05) is 12.1 Å². The number of amides is 1. The summed E-state index contributed by atoms with van der Waals surface area (Å²) >= 11 is 0. The SMILES string of the molecule is COc1ccc(C(=O)NCc2ccc(-c3nc4ncccc4o3)cc2)cc1. The molecule has 1 amide bonds. The Balaban J connectivity index is 1.42. The molecule has 0 saturated heterocycles. The first kappa shape index (κ1) is 16.8. The maximum Gasteiger partial charge on any atom is 0.251 e. The average molecular weight is 359 g/mol. The number of nitrogens with one attached hydrogen (secondary N) is 1. The third-order valence-electron chi connectivity index (χ3n) is 4.17. The van der Waals surface area contributed by atoms with Crippen molar-refractivity contribution in [3.8, 4) is 17.2 Å². The lowest BCUT2D eigenvalue weighted by molar-refractivity contribution is 0.0951. The summed E-state index contributed by atoms with van der Waals surface area (Å²) in [6, 6.07) is 18.3. The van der Waals surface area contributed by atoms with Crippen LogP contribution in [0.25, 0.3) is 22.7 Å². The number of methoxy groups -OCH3 is 1. The highest BCUT2D eigenvalue weighted by atomic mass is 16.5. The molecular weight excluding hydrogens is 342 g/mol. The van der Waals surface area contributed by atoms with Gasteiger partial charge in [-0.25, -0.2) is 4.98 Å². The fourth-order valence-corrected chi connectivity index (χ4v) is 2.68. The van der Waals surface area contributed by atoms with Gasteiger partial charge in [0.15, 0.2) is 11.2 Å². The van der Waals surface area contributed by atoms with E-state index in [0.717, 1.165) is 16.9 Å². The van der Waals surface area contributed by atoms with Gasteiger partial charge in [-0.05, 0) is 54.1 Å². The van der Waals surface area contributed by atoms with Gasteiger partial charge in [0.1, 0.15) is 5.75 Å². The molecule has 4 aromatic rings. The van der Waals surface area contributed by atoms with Gasteiger partial charge in [0.2, 0.25) is 5.89 Å². The van der Waals surface area contributed by atoms with E-state index in [1.807, 2.05) is 36.4 Å². The van der Waals surface area contributed by atoms with Gasteiger partial charge in [-0.15, -0.1) is 0 Å². The Labute approximate surface area is 155 Å². The summed E-state index contributed by atoms with van der Waals surface area (Å²) in [6.07, 6.45) is 1.68. The number of ether oxygens (including phenoxy) is 1. The minimum Gasteiger partial charge on any atom is -0.497 e. The number of nitrogens with zero attached hydrogens (tertiary/aromatic N) is 2. The smallest absolute Gasteiger partial charge is 0.251 e. The van der Waals surface area contributed by atoms with Crippen LogP contribution in [0.5, 0.6) is 5.75 Å². The summed E-state index contributed by atoms with van der Waals surface area (Å²) in [4.78, 5) is 20.8. The zero-order valence-electron chi connectivity index (χ0n) is 14.7. The van der Waals surface area contributed by atoms with Crippen LogP contribution in [0.4, 0.5) is 0 Å². The topological polar surface area (TPSA) is 77.2 Å². The van der Waals surface area contributed by atoms with Crippen LogP contribution in [0, 0.1) is 0 Å². The summed E-state index contributed by atoms with van der Waals surface area (Å²) in [5, 5.41) is 2.90. The lowest BCUT2D eigenvalue weighted by Gasteiger charge is -2.07. The minimum absolute atomic E-state index is 0.133. The second-order valence-electron chi connectivity index (χ2n) is 5.95. The number of benzene rings is 2. The monoisotopic (exact) mass is 359 g/mol. The molecule has 6 nitrogen and oxygen atoms in total. The maximum atomic E-state index is 12.2. The molecule has 4 rings (SSSR count). The van der Waals surface area contributed by atoms with Crippen LogP contribution in [0.1, 0.15) is 15.9 Å². The molecule has 0 aliphatic heterocycles. The third-order valence-corrected chi connectivity index (χ3v) is 4.17. The maximum absolute atomic E-state index is 12.2. The lowest BCUT2D eigenvalue weighted by Crippen LogP contribution is -2.22. The highest BCUT2D eigenvalue weighted by Gasteiger charge is 2.09. The summed E-state index contributed by atoms with van der Waals surface area (Å²) < 4.78 is 10.8. The molecule has 0 fully saturated rings. The van der Waals surface area contributed by atoms with Crippen molar-refractivity contribution in [3.63, 3.8) is 0 Å². The number of aromatic nitrogens is 2. The molecule has 2 aromatic carbocycles. The number of hydrogen-bond acceptors (Lipinski definition) is 5. The second kappa shape index (κ2) is 7.29. The van der Waals surface area contributed by atoms with E-state index >= 15 is 0 Å². The first-order valence-corrected chi connectivity index (χ1v) is 8.46. The molecule has 2 aromatic heterocycles. The van der Waals surface area contributed by atoms with Crippen LogP contribution in [-0.2, 0) is 6.54 Å². The molecule has 1 N–H and O–H groups in total. The highest BCUT2D eigenvalue weighted by Crippen LogP contribution is 2.23. The molecule has 27 heavy (non-hydrogen) atoms. The van der Waals surface area contributed by atoms with Gasteiger partial charge < -0.3 is 14.5 Å². The molecule has 0 radical (unpaired) electrons. The number of fused-ring (bicyclic) bond motifs is 1. The normalized spacial score (nSPS) is 10.7. The van der Waals surface area contributed by atoms with Gasteiger partial charge in [-0.2, -0.15) is 4.98 Å². The zero-order valence-corrected chi connectivity index (χ0v) is 14.7. The van der Waals surface area contributed by atoms with Crippen LogP contribution in [0.3, 0.4) is 0 Å². The highest BCUT2D eigenvalue weighted by molar-refractivity contribution is 5.94. The van der Waals surface area contributed by atoms with E-state index in [9.17, 15) is 4.79 Å². The van der Waals surface area contributed by atoms with Crippen molar-refractivity contribution in [2.45, 2.75) is 6.54 Å². The molecule has 0 bridgehead atoms. The van der Waals surface area contributed by atoms with Gasteiger partial charge in [0.05, 0.1) is 7.11 Å². The third kappa shape index (κ3) is 3.64. The fraction of sp³-hybridized carbons (Fsp3) is 0.0952. The summed E-state index contributed by atoms with van der Waals surface area (Å²) in [5.74, 6) is 1.11. The van der Waals surface area contributed by atoms with Gasteiger partial charge in [0, 0.05) is 23.9 Å². The van der Waals surface area contributed by atoms with Crippen LogP contribution in [-0.4, -0.2) is 23.0 Å². The van der Waals surface area contributed by atoms with Gasteiger partial charge >= 0.3 is 0 Å². The van der Waals surface area contributed by atoms with Crippen molar-refractivity contribution in [2.24, 2.45) is 0 Å². The Bertz CT molecular complexity index is 1040. The first-order chi connectivity index (χ1) is 13.2. The number of carbonyl (C=O) groups is 1. The Morgan fingerprint density at radius 3 is 2.56 bits per heavy atom. The van der Waals surface area contributed by atoms with Gasteiger partial charge in [0.25, 0.3) is 5.91 Å². The lowest BCUT2D eigenvalue weighted by atomic mass is 10.1. The van der Waals surface area contributed by atoms with Crippen molar-refractivity contribution in [3.05, 3.63) is 78.0 Å². The van der Waals surface area contributed by atoms with Crippen LogP contribution in [0.2, 0.25) is 0 Å². The molecule has 0 aliphatic rings. The Hall–Kier alpha value is -3.67. The van der Waals surface area contributed by atoms with Crippen molar-refractivity contribution < 1.29 is 13.9 Å². The molecule has 0 atom stereocenters. The van der Waals surface area contributed by atoms with E-state index in [-0.39, 0.29) is 5.91 Å². The predicted octanol–water partition coefficient (Wildman–Crippen LogP) is 3.83. The van der Waals surface area contributed by atoms with Crippen molar-refractivity contribution in [1.29, 1.82) is 0 Å². The second-order valence-corrected chi connectivity index (χ2v) is 5.95. The Kier molecular flexibility index (Phi) is 4.53. The number of pyridine rings is 1. The molecule has 6 heteroatoms. The molecule has 0 spiro atoms.